The van der Waals surface area contributed by atoms with Gasteiger partial charge in [-0.2, -0.15) is 5.10 Å². The van der Waals surface area contributed by atoms with Crippen molar-refractivity contribution in [3.8, 4) is 5.75 Å². The number of rotatable bonds is 5. The third-order valence-electron chi connectivity index (χ3n) is 3.56. The molecule has 1 amide bonds. The molecule has 0 aliphatic rings. The fourth-order valence-electron chi connectivity index (χ4n) is 2.23. The number of benzene rings is 2. The van der Waals surface area contributed by atoms with Crippen molar-refractivity contribution in [2.75, 3.05) is 6.61 Å². The molecular formula is C19H15ClN2O4. The third-order valence-corrected chi connectivity index (χ3v) is 3.82. The third kappa shape index (κ3) is 4.29. The lowest BCUT2D eigenvalue weighted by Gasteiger charge is -2.06. The van der Waals surface area contributed by atoms with Gasteiger partial charge in [0.25, 0.3) is 5.91 Å². The molecule has 132 valence electrons. The fraction of sp³-hybridized carbons (Fsp3) is 0.105. The van der Waals surface area contributed by atoms with E-state index in [9.17, 15) is 9.59 Å². The van der Waals surface area contributed by atoms with E-state index in [1.807, 2.05) is 12.1 Å². The van der Waals surface area contributed by atoms with E-state index < -0.39 is 11.5 Å². The normalized spacial score (nSPS) is 11.4. The quantitative estimate of drug-likeness (QED) is 0.424. The largest absolute Gasteiger partial charge is 0.484 e. The van der Waals surface area contributed by atoms with Crippen LogP contribution in [0.2, 0.25) is 5.02 Å². The zero-order valence-electron chi connectivity index (χ0n) is 13.9. The maximum atomic E-state index is 12.1. The lowest BCUT2D eigenvalue weighted by molar-refractivity contribution is -0.123. The second-order valence-corrected chi connectivity index (χ2v) is 5.90. The summed E-state index contributed by atoms with van der Waals surface area (Å²) in [4.78, 5) is 23.9. The molecule has 1 N–H and O–H groups in total. The first kappa shape index (κ1) is 17.7. The van der Waals surface area contributed by atoms with Gasteiger partial charge in [0.05, 0.1) is 11.3 Å². The molecule has 0 unspecified atom stereocenters. The van der Waals surface area contributed by atoms with Crippen molar-refractivity contribution in [1.29, 1.82) is 0 Å². The summed E-state index contributed by atoms with van der Waals surface area (Å²) in [5.41, 5.74) is 2.95. The number of halogens is 1. The fourth-order valence-corrected chi connectivity index (χ4v) is 2.36. The summed E-state index contributed by atoms with van der Waals surface area (Å²) < 4.78 is 10.6. The van der Waals surface area contributed by atoms with Crippen molar-refractivity contribution in [3.63, 3.8) is 0 Å². The van der Waals surface area contributed by atoms with Crippen LogP contribution in [0.4, 0.5) is 0 Å². The average Bonchev–Trinajstić information content (AvgIpc) is 2.65. The SMILES string of the molecule is C/C(=N\NC(=O)COc1ccc(Cl)cc1)c1cc2ccccc2oc1=O. The number of amides is 1. The number of carbonyl (C=O) groups is 1. The van der Waals surface area contributed by atoms with Gasteiger partial charge in [-0.25, -0.2) is 10.2 Å². The molecule has 0 aliphatic carbocycles. The van der Waals surface area contributed by atoms with Gasteiger partial charge >= 0.3 is 5.63 Å². The average molecular weight is 371 g/mol. The van der Waals surface area contributed by atoms with E-state index in [2.05, 4.69) is 10.5 Å². The first-order valence-electron chi connectivity index (χ1n) is 7.78. The summed E-state index contributed by atoms with van der Waals surface area (Å²) in [6.07, 6.45) is 0. The van der Waals surface area contributed by atoms with Crippen LogP contribution < -0.4 is 15.8 Å². The van der Waals surface area contributed by atoms with E-state index in [1.54, 1.807) is 49.4 Å². The van der Waals surface area contributed by atoms with Crippen molar-refractivity contribution in [3.05, 3.63) is 75.6 Å². The van der Waals surface area contributed by atoms with Crippen molar-refractivity contribution in [1.82, 2.24) is 5.43 Å². The van der Waals surface area contributed by atoms with Crippen molar-refractivity contribution in [2.45, 2.75) is 6.92 Å². The second kappa shape index (κ2) is 7.84. The molecule has 0 fully saturated rings. The van der Waals surface area contributed by atoms with Gasteiger partial charge in [-0.15, -0.1) is 0 Å². The van der Waals surface area contributed by atoms with E-state index in [4.69, 9.17) is 20.8 Å². The second-order valence-electron chi connectivity index (χ2n) is 5.46. The lowest BCUT2D eigenvalue weighted by Crippen LogP contribution is -2.26. The molecule has 0 spiro atoms. The molecule has 3 rings (SSSR count). The van der Waals surface area contributed by atoms with Crippen LogP contribution in [0.15, 0.2) is 68.9 Å². The Morgan fingerprint density at radius 3 is 2.69 bits per heavy atom. The van der Waals surface area contributed by atoms with E-state index in [-0.39, 0.29) is 12.2 Å². The Kier molecular flexibility index (Phi) is 5.34. The molecule has 26 heavy (non-hydrogen) atoms. The van der Waals surface area contributed by atoms with Gasteiger partial charge in [0.15, 0.2) is 6.61 Å². The molecule has 0 saturated heterocycles. The molecule has 2 aromatic carbocycles. The van der Waals surface area contributed by atoms with Crippen LogP contribution in [0.5, 0.6) is 5.75 Å². The number of fused-ring (bicyclic) bond motifs is 1. The molecule has 7 heteroatoms. The molecule has 0 aliphatic heterocycles. The number of ether oxygens (including phenoxy) is 1. The maximum absolute atomic E-state index is 12.1. The van der Waals surface area contributed by atoms with Crippen LogP contribution in [-0.4, -0.2) is 18.2 Å². The van der Waals surface area contributed by atoms with Gasteiger partial charge in [-0.1, -0.05) is 29.8 Å². The molecular weight excluding hydrogens is 356 g/mol. The molecule has 0 atom stereocenters. The number of hydrogen-bond acceptors (Lipinski definition) is 5. The van der Waals surface area contributed by atoms with Crippen LogP contribution in [0, 0.1) is 0 Å². The van der Waals surface area contributed by atoms with Crippen LogP contribution >= 0.6 is 11.6 Å². The van der Waals surface area contributed by atoms with Crippen LogP contribution in [-0.2, 0) is 4.79 Å². The summed E-state index contributed by atoms with van der Waals surface area (Å²) in [5.74, 6) is 0.0601. The number of nitrogens with one attached hydrogen (secondary N) is 1. The Morgan fingerprint density at radius 2 is 1.92 bits per heavy atom. The lowest BCUT2D eigenvalue weighted by atomic mass is 10.1. The van der Waals surface area contributed by atoms with Crippen molar-refractivity contribution >= 4 is 34.2 Å². The summed E-state index contributed by atoms with van der Waals surface area (Å²) in [7, 11) is 0. The number of para-hydroxylation sites is 1. The summed E-state index contributed by atoms with van der Waals surface area (Å²) >= 11 is 5.78. The highest BCUT2D eigenvalue weighted by atomic mass is 35.5. The summed E-state index contributed by atoms with van der Waals surface area (Å²) in [6.45, 7) is 1.39. The Morgan fingerprint density at radius 1 is 1.19 bits per heavy atom. The molecule has 0 radical (unpaired) electrons. The van der Waals surface area contributed by atoms with Crippen molar-refractivity contribution < 1.29 is 13.9 Å². The topological polar surface area (TPSA) is 80.9 Å². The monoisotopic (exact) mass is 370 g/mol. The number of hydrogen-bond donors (Lipinski definition) is 1. The van der Waals surface area contributed by atoms with E-state index in [0.717, 1.165) is 5.39 Å². The van der Waals surface area contributed by atoms with Crippen LogP contribution in [0.1, 0.15) is 12.5 Å². The predicted molar refractivity (Wildman–Crippen MR) is 99.8 cm³/mol. The Labute approximate surface area is 154 Å². The Bertz CT molecular complexity index is 1030. The number of hydrazone groups is 1. The smallest absolute Gasteiger partial charge is 0.345 e. The van der Waals surface area contributed by atoms with E-state index in [1.165, 1.54) is 0 Å². The highest BCUT2D eigenvalue weighted by Gasteiger charge is 2.09. The zero-order valence-corrected chi connectivity index (χ0v) is 14.6. The number of nitrogens with zero attached hydrogens (tertiary/aromatic N) is 1. The summed E-state index contributed by atoms with van der Waals surface area (Å²) in [5, 5.41) is 5.30. The van der Waals surface area contributed by atoms with Crippen LogP contribution in [0.3, 0.4) is 0 Å². The van der Waals surface area contributed by atoms with Gasteiger partial charge in [0.1, 0.15) is 11.3 Å². The van der Waals surface area contributed by atoms with Gasteiger partial charge in [-0.3, -0.25) is 4.79 Å². The van der Waals surface area contributed by atoms with Crippen LogP contribution in [0.25, 0.3) is 11.0 Å². The molecule has 3 aromatic rings. The Balaban J connectivity index is 1.66. The Hall–Kier alpha value is -3.12. The standard InChI is InChI=1S/C19H15ClN2O4/c1-12(16-10-13-4-2-3-5-17(13)26-19(16)24)21-22-18(23)11-25-15-8-6-14(20)7-9-15/h2-10H,11H2,1H3,(H,22,23)/b21-12+. The molecule has 1 heterocycles. The predicted octanol–water partition coefficient (Wildman–Crippen LogP) is 3.37. The minimum Gasteiger partial charge on any atom is -0.484 e. The van der Waals surface area contributed by atoms with Gasteiger partial charge in [-0.05, 0) is 43.3 Å². The highest BCUT2D eigenvalue weighted by molar-refractivity contribution is 6.30. The minimum absolute atomic E-state index is 0.218. The number of carbonyl (C=O) groups excluding carboxylic acids is 1. The van der Waals surface area contributed by atoms with Gasteiger partial charge < -0.3 is 9.15 Å². The summed E-state index contributed by atoms with van der Waals surface area (Å²) in [6, 6.07) is 15.5. The van der Waals surface area contributed by atoms with Gasteiger partial charge in [0, 0.05) is 10.4 Å². The van der Waals surface area contributed by atoms with Crippen molar-refractivity contribution in [2.24, 2.45) is 5.10 Å². The maximum Gasteiger partial charge on any atom is 0.345 e. The highest BCUT2D eigenvalue weighted by Crippen LogP contribution is 2.15. The first-order chi connectivity index (χ1) is 12.5. The zero-order chi connectivity index (χ0) is 18.5. The molecule has 0 saturated carbocycles. The molecule has 6 nitrogen and oxygen atoms in total. The first-order valence-corrected chi connectivity index (χ1v) is 8.15. The van der Waals surface area contributed by atoms with Gasteiger partial charge in [0.2, 0.25) is 0 Å². The molecule has 1 aromatic heterocycles. The van der Waals surface area contributed by atoms with E-state index in [0.29, 0.717) is 22.1 Å². The molecule has 0 bridgehead atoms. The van der Waals surface area contributed by atoms with E-state index >= 15 is 0 Å². The minimum atomic E-state index is -0.517.